The molecule has 2 aromatic carbocycles. The molecule has 2 aromatic rings. The summed E-state index contributed by atoms with van der Waals surface area (Å²) in [4.78, 5) is 12.9. The smallest absolute Gasteiger partial charge is 0.243 e. The molecule has 0 radical (unpaired) electrons. The van der Waals surface area contributed by atoms with Crippen LogP contribution in [0.2, 0.25) is 0 Å². The zero-order valence-electron chi connectivity index (χ0n) is 18.7. The summed E-state index contributed by atoms with van der Waals surface area (Å²) in [7, 11) is -3.59. The van der Waals surface area contributed by atoms with Gasteiger partial charge in [0.15, 0.2) is 0 Å². The van der Waals surface area contributed by atoms with E-state index in [4.69, 9.17) is 0 Å². The molecule has 1 aliphatic heterocycles. The van der Waals surface area contributed by atoms with Gasteiger partial charge in [-0.05, 0) is 74.9 Å². The molecule has 6 heteroatoms. The molecule has 1 saturated heterocycles. The van der Waals surface area contributed by atoms with E-state index in [1.54, 1.807) is 0 Å². The highest BCUT2D eigenvalue weighted by atomic mass is 32.2. The average Bonchev–Trinajstić information content (AvgIpc) is 2.76. The maximum absolute atomic E-state index is 13.4. The lowest BCUT2D eigenvalue weighted by Gasteiger charge is -2.31. The number of carbonyl (C=O) groups excluding carboxylic acids is 1. The zero-order chi connectivity index (χ0) is 22.6. The van der Waals surface area contributed by atoms with Gasteiger partial charge >= 0.3 is 0 Å². The molecule has 164 valence electrons. The van der Waals surface area contributed by atoms with E-state index in [1.807, 2.05) is 64.1 Å². The van der Waals surface area contributed by atoms with Crippen molar-refractivity contribution in [3.63, 3.8) is 0 Å². The van der Waals surface area contributed by atoms with Gasteiger partial charge in [-0.15, -0.1) is 0 Å². The molecular formula is C25H30N2O3S. The molecule has 5 nitrogen and oxygen atoms in total. The van der Waals surface area contributed by atoms with E-state index in [9.17, 15) is 13.2 Å². The summed E-state index contributed by atoms with van der Waals surface area (Å²) in [5, 5.41) is 2.86. The third-order valence-electron chi connectivity index (χ3n) is 6.08. The van der Waals surface area contributed by atoms with Crippen LogP contribution in [0.4, 0.5) is 0 Å². The predicted octanol–water partition coefficient (Wildman–Crippen LogP) is 3.49. The maximum Gasteiger partial charge on any atom is 0.243 e. The molecule has 1 aliphatic rings. The first-order valence-electron chi connectivity index (χ1n) is 10.6. The lowest BCUT2D eigenvalue weighted by atomic mass is 9.97. The van der Waals surface area contributed by atoms with E-state index >= 15 is 0 Å². The van der Waals surface area contributed by atoms with Crippen molar-refractivity contribution >= 4 is 15.9 Å². The Bertz CT molecular complexity index is 1090. The van der Waals surface area contributed by atoms with Crippen LogP contribution in [-0.4, -0.2) is 38.3 Å². The molecule has 0 aromatic heterocycles. The summed E-state index contributed by atoms with van der Waals surface area (Å²) in [5.41, 5.74) is 4.48. The Balaban J connectivity index is 1.60. The van der Waals surface area contributed by atoms with Crippen molar-refractivity contribution in [2.75, 3.05) is 19.6 Å². The monoisotopic (exact) mass is 438 g/mol. The van der Waals surface area contributed by atoms with Gasteiger partial charge in [-0.25, -0.2) is 8.42 Å². The first-order chi connectivity index (χ1) is 14.7. The van der Waals surface area contributed by atoms with Crippen molar-refractivity contribution in [1.82, 2.24) is 9.62 Å². The summed E-state index contributed by atoms with van der Waals surface area (Å²) in [6.07, 6.45) is 1.03. The Labute approximate surface area is 185 Å². The lowest BCUT2D eigenvalue weighted by Crippen LogP contribution is -2.43. The molecule has 0 bridgehead atoms. The topological polar surface area (TPSA) is 66.5 Å². The maximum atomic E-state index is 13.4. The van der Waals surface area contributed by atoms with E-state index in [0.717, 1.165) is 27.8 Å². The minimum absolute atomic E-state index is 0.0572. The fraction of sp³-hybridized carbons (Fsp3) is 0.400. The number of sulfonamides is 1. The quantitative estimate of drug-likeness (QED) is 0.743. The molecule has 0 spiro atoms. The normalized spacial score (nSPS) is 15.2. The Morgan fingerprint density at radius 2 is 1.61 bits per heavy atom. The van der Waals surface area contributed by atoms with Gasteiger partial charge < -0.3 is 5.32 Å². The van der Waals surface area contributed by atoms with E-state index in [0.29, 0.717) is 30.8 Å². The van der Waals surface area contributed by atoms with Crippen molar-refractivity contribution in [3.8, 4) is 11.8 Å². The largest absolute Gasteiger partial charge is 0.345 e. The molecule has 3 rings (SSSR count). The molecule has 1 amide bonds. The average molecular weight is 439 g/mol. The molecular weight excluding hydrogens is 408 g/mol. The number of rotatable bonds is 4. The Morgan fingerprint density at radius 3 is 2.19 bits per heavy atom. The number of piperidine rings is 1. The SMILES string of the molecule is Cc1cc(C)c(C)c(S(=O)(=O)N2CCC(C(=O)NCC#Cc3ccccc3)CC2)c1C. The van der Waals surface area contributed by atoms with Crippen molar-refractivity contribution in [2.24, 2.45) is 5.92 Å². The minimum atomic E-state index is -3.59. The third-order valence-corrected chi connectivity index (χ3v) is 8.25. The number of carbonyl (C=O) groups is 1. The van der Waals surface area contributed by atoms with Crippen LogP contribution in [0.3, 0.4) is 0 Å². The van der Waals surface area contributed by atoms with Crippen LogP contribution in [-0.2, 0) is 14.8 Å². The Hall–Kier alpha value is -2.62. The third kappa shape index (κ3) is 5.17. The van der Waals surface area contributed by atoms with Crippen LogP contribution in [0.5, 0.6) is 0 Å². The molecule has 31 heavy (non-hydrogen) atoms. The predicted molar refractivity (Wildman–Crippen MR) is 123 cm³/mol. The fourth-order valence-electron chi connectivity index (χ4n) is 4.00. The molecule has 0 atom stereocenters. The van der Waals surface area contributed by atoms with E-state index in [-0.39, 0.29) is 18.4 Å². The molecule has 1 fully saturated rings. The number of benzene rings is 2. The fourth-order valence-corrected chi connectivity index (χ4v) is 6.04. The van der Waals surface area contributed by atoms with Crippen LogP contribution in [0.1, 0.15) is 40.7 Å². The highest BCUT2D eigenvalue weighted by Crippen LogP contribution is 2.31. The van der Waals surface area contributed by atoms with Gasteiger partial charge in [0.1, 0.15) is 0 Å². The van der Waals surface area contributed by atoms with Crippen LogP contribution in [0, 0.1) is 45.5 Å². The van der Waals surface area contributed by atoms with Crippen molar-refractivity contribution in [1.29, 1.82) is 0 Å². The van der Waals surface area contributed by atoms with Crippen LogP contribution in [0.25, 0.3) is 0 Å². The number of nitrogens with zero attached hydrogens (tertiary/aromatic N) is 1. The molecule has 1 N–H and O–H groups in total. The number of nitrogens with one attached hydrogen (secondary N) is 1. The minimum Gasteiger partial charge on any atom is -0.345 e. The van der Waals surface area contributed by atoms with Gasteiger partial charge in [-0.2, -0.15) is 4.31 Å². The van der Waals surface area contributed by atoms with Crippen LogP contribution in [0.15, 0.2) is 41.3 Å². The number of hydrogen-bond donors (Lipinski definition) is 1. The summed E-state index contributed by atoms with van der Waals surface area (Å²) in [6.45, 7) is 8.60. The first kappa shape index (κ1) is 23.1. The van der Waals surface area contributed by atoms with E-state index < -0.39 is 10.0 Å². The van der Waals surface area contributed by atoms with Gasteiger partial charge in [-0.1, -0.05) is 36.1 Å². The molecule has 0 unspecified atom stereocenters. The number of hydrogen-bond acceptors (Lipinski definition) is 3. The van der Waals surface area contributed by atoms with Crippen LogP contribution >= 0.6 is 0 Å². The standard InChI is InChI=1S/C25H30N2O3S/c1-18-17-19(2)21(4)24(20(18)3)31(29,30)27-15-12-23(13-16-27)25(28)26-14-8-11-22-9-6-5-7-10-22/h5-7,9-10,17,23H,12-16H2,1-4H3,(H,26,28). The van der Waals surface area contributed by atoms with E-state index in [1.165, 1.54) is 4.31 Å². The second-order valence-corrected chi connectivity index (χ2v) is 10.0. The molecule has 1 heterocycles. The van der Waals surface area contributed by atoms with Gasteiger partial charge in [-0.3, -0.25) is 4.79 Å². The van der Waals surface area contributed by atoms with Gasteiger partial charge in [0, 0.05) is 24.6 Å². The zero-order valence-corrected chi connectivity index (χ0v) is 19.5. The van der Waals surface area contributed by atoms with Gasteiger partial charge in [0.25, 0.3) is 0 Å². The summed E-state index contributed by atoms with van der Waals surface area (Å²) in [6, 6.07) is 11.6. The van der Waals surface area contributed by atoms with Gasteiger partial charge in [0.2, 0.25) is 15.9 Å². The van der Waals surface area contributed by atoms with Gasteiger partial charge in [0.05, 0.1) is 11.4 Å². The van der Waals surface area contributed by atoms with Crippen molar-refractivity contribution < 1.29 is 13.2 Å². The highest BCUT2D eigenvalue weighted by molar-refractivity contribution is 7.89. The summed E-state index contributed by atoms with van der Waals surface area (Å²) >= 11 is 0. The molecule has 0 aliphatic carbocycles. The first-order valence-corrected chi connectivity index (χ1v) is 12.0. The molecule has 0 saturated carbocycles. The second kappa shape index (κ2) is 9.67. The van der Waals surface area contributed by atoms with Crippen molar-refractivity contribution in [3.05, 3.63) is 64.2 Å². The highest BCUT2D eigenvalue weighted by Gasteiger charge is 2.34. The van der Waals surface area contributed by atoms with E-state index in [2.05, 4.69) is 17.2 Å². The Morgan fingerprint density at radius 1 is 1.03 bits per heavy atom. The second-order valence-electron chi connectivity index (χ2n) is 8.15. The number of aryl methyl sites for hydroxylation is 2. The summed E-state index contributed by atoms with van der Waals surface area (Å²) < 4.78 is 28.3. The Kier molecular flexibility index (Phi) is 7.19. The number of amides is 1. The summed E-state index contributed by atoms with van der Waals surface area (Å²) in [5.74, 6) is 5.73. The lowest BCUT2D eigenvalue weighted by molar-refractivity contribution is -0.125. The van der Waals surface area contributed by atoms with Crippen molar-refractivity contribution in [2.45, 2.75) is 45.4 Å². The van der Waals surface area contributed by atoms with Crippen LogP contribution < -0.4 is 5.32 Å².